The number of hydrogen-bond acceptors (Lipinski definition) is 3. The van der Waals surface area contributed by atoms with E-state index in [2.05, 4.69) is 119 Å². The molecule has 2 N–H and O–H groups in total. The van der Waals surface area contributed by atoms with Crippen LogP contribution in [0.2, 0.25) is 0 Å². The minimum Gasteiger partial charge on any atom is -0.399 e. The maximum Gasteiger partial charge on any atom is 0.121 e. The second-order valence-corrected chi connectivity index (χ2v) is 9.14. The molecule has 4 heteroatoms. The number of benzene rings is 4. The molecule has 0 aliphatic carbocycles. The van der Waals surface area contributed by atoms with Crippen LogP contribution in [-0.4, -0.2) is 16.1 Å². The average Bonchev–Trinajstić information content (AvgIpc) is 3.54. The molecule has 0 saturated carbocycles. The number of hydrogen-bond donors (Lipinski definition) is 1. The Bertz CT molecular complexity index is 1330. The third-order valence-corrected chi connectivity index (χ3v) is 7.05. The smallest absolute Gasteiger partial charge is 0.121 e. The normalized spacial score (nSPS) is 13.1. The zero-order valence-corrected chi connectivity index (χ0v) is 19.6. The van der Waals surface area contributed by atoms with Crippen LogP contribution in [0.25, 0.3) is 0 Å². The van der Waals surface area contributed by atoms with Crippen LogP contribution in [0.4, 0.5) is 11.4 Å². The summed E-state index contributed by atoms with van der Waals surface area (Å²) in [7, 11) is 0. The first-order valence-corrected chi connectivity index (χ1v) is 12.1. The molecule has 1 aliphatic rings. The molecular formula is C31H28N4. The van der Waals surface area contributed by atoms with Gasteiger partial charge in [0.1, 0.15) is 5.54 Å². The van der Waals surface area contributed by atoms with Crippen molar-refractivity contribution in [2.75, 3.05) is 17.2 Å². The summed E-state index contributed by atoms with van der Waals surface area (Å²) in [6.45, 7) is 1.73. The largest absolute Gasteiger partial charge is 0.399 e. The summed E-state index contributed by atoms with van der Waals surface area (Å²) in [4.78, 5) is 7.29. The predicted octanol–water partition coefficient (Wildman–Crippen LogP) is 5.87. The molecule has 0 bridgehead atoms. The first-order valence-electron chi connectivity index (χ1n) is 12.1. The predicted molar refractivity (Wildman–Crippen MR) is 142 cm³/mol. The average molecular weight is 457 g/mol. The Kier molecular flexibility index (Phi) is 5.34. The van der Waals surface area contributed by atoms with Gasteiger partial charge in [0.05, 0.1) is 18.6 Å². The quantitative estimate of drug-likeness (QED) is 0.257. The fourth-order valence-electron chi connectivity index (χ4n) is 5.44. The van der Waals surface area contributed by atoms with Crippen molar-refractivity contribution in [1.29, 1.82) is 0 Å². The second-order valence-electron chi connectivity index (χ2n) is 9.14. The summed E-state index contributed by atoms with van der Waals surface area (Å²) in [6, 6.07) is 38.3. The van der Waals surface area contributed by atoms with Crippen molar-refractivity contribution in [2.24, 2.45) is 0 Å². The second kappa shape index (κ2) is 8.80. The molecule has 5 aromatic rings. The van der Waals surface area contributed by atoms with Crippen molar-refractivity contribution in [3.63, 3.8) is 0 Å². The van der Waals surface area contributed by atoms with E-state index in [0.717, 1.165) is 30.9 Å². The van der Waals surface area contributed by atoms with Gasteiger partial charge in [-0.05, 0) is 40.8 Å². The monoisotopic (exact) mass is 456 g/mol. The van der Waals surface area contributed by atoms with Crippen LogP contribution in [0.1, 0.15) is 27.9 Å². The van der Waals surface area contributed by atoms with Crippen molar-refractivity contribution >= 4 is 11.4 Å². The van der Waals surface area contributed by atoms with Crippen molar-refractivity contribution in [3.05, 3.63) is 150 Å². The Labute approximate surface area is 206 Å². The van der Waals surface area contributed by atoms with E-state index in [0.29, 0.717) is 0 Å². The lowest BCUT2D eigenvalue weighted by Crippen LogP contribution is -2.37. The molecule has 0 amide bonds. The number of rotatable bonds is 6. The summed E-state index contributed by atoms with van der Waals surface area (Å²) >= 11 is 0. The topological polar surface area (TPSA) is 47.1 Å². The van der Waals surface area contributed by atoms with Gasteiger partial charge in [-0.1, -0.05) is 97.1 Å². The zero-order chi connectivity index (χ0) is 23.7. The molecule has 2 heterocycles. The third-order valence-electron chi connectivity index (χ3n) is 7.05. The molecule has 0 radical (unpaired) electrons. The van der Waals surface area contributed by atoms with Gasteiger partial charge in [0.15, 0.2) is 0 Å². The Morgan fingerprint density at radius 1 is 0.743 bits per heavy atom. The van der Waals surface area contributed by atoms with E-state index in [1.165, 1.54) is 27.9 Å². The maximum absolute atomic E-state index is 6.09. The molecule has 0 atom stereocenters. The number of nitrogens with two attached hydrogens (primary N) is 1. The number of fused-ring (bicyclic) bond motifs is 1. The number of nitrogens with zero attached hydrogens (tertiary/aromatic N) is 3. The highest BCUT2D eigenvalue weighted by Crippen LogP contribution is 2.41. The van der Waals surface area contributed by atoms with E-state index < -0.39 is 5.54 Å². The summed E-state index contributed by atoms with van der Waals surface area (Å²) in [6.07, 6.45) is 5.23. The van der Waals surface area contributed by atoms with Crippen molar-refractivity contribution < 1.29 is 0 Å². The Morgan fingerprint density at radius 3 is 1.89 bits per heavy atom. The van der Waals surface area contributed by atoms with Crippen LogP contribution in [0.3, 0.4) is 0 Å². The van der Waals surface area contributed by atoms with Crippen LogP contribution >= 0.6 is 0 Å². The summed E-state index contributed by atoms with van der Waals surface area (Å²) in [5.74, 6) is 0. The van der Waals surface area contributed by atoms with Gasteiger partial charge in [0, 0.05) is 24.1 Å². The van der Waals surface area contributed by atoms with Gasteiger partial charge < -0.3 is 15.2 Å². The molecule has 6 rings (SSSR count). The van der Waals surface area contributed by atoms with Gasteiger partial charge in [0.25, 0.3) is 0 Å². The lowest BCUT2D eigenvalue weighted by molar-refractivity contribution is 0.514. The van der Waals surface area contributed by atoms with Crippen molar-refractivity contribution in [2.45, 2.75) is 18.5 Å². The van der Waals surface area contributed by atoms with E-state index in [4.69, 9.17) is 10.7 Å². The fraction of sp³-hybridized carbons (Fsp3) is 0.129. The molecule has 1 aromatic heterocycles. The Morgan fingerprint density at radius 2 is 1.31 bits per heavy atom. The van der Waals surface area contributed by atoms with Crippen LogP contribution in [0, 0.1) is 0 Å². The first-order chi connectivity index (χ1) is 17.2. The lowest BCUT2D eigenvalue weighted by atomic mass is 9.77. The molecule has 0 spiro atoms. The third kappa shape index (κ3) is 3.68. The fourth-order valence-corrected chi connectivity index (χ4v) is 5.44. The number of aromatic nitrogens is 2. The lowest BCUT2D eigenvalue weighted by Gasteiger charge is -2.37. The van der Waals surface area contributed by atoms with Gasteiger partial charge in [-0.15, -0.1) is 0 Å². The standard InChI is InChI=1S/C31H28N4/c32-28-17-16-24-18-19-34(30(24)20-28)21-29-22-35(23-33-29)31(25-10-4-1-5-11-25,26-12-6-2-7-13-26)27-14-8-3-9-15-27/h1-17,20,22-23H,18-19,21,32H2. The summed E-state index contributed by atoms with van der Waals surface area (Å²) in [5.41, 5.74) is 13.6. The molecule has 0 fully saturated rings. The van der Waals surface area contributed by atoms with Gasteiger partial charge >= 0.3 is 0 Å². The van der Waals surface area contributed by atoms with Gasteiger partial charge in [-0.3, -0.25) is 0 Å². The van der Waals surface area contributed by atoms with Crippen molar-refractivity contribution in [1.82, 2.24) is 9.55 Å². The molecule has 4 aromatic carbocycles. The number of imidazole rings is 1. The summed E-state index contributed by atoms with van der Waals surface area (Å²) < 4.78 is 2.28. The molecule has 0 unspecified atom stereocenters. The number of nitrogen functional groups attached to an aromatic ring is 1. The molecule has 1 aliphatic heterocycles. The zero-order valence-electron chi connectivity index (χ0n) is 19.6. The maximum atomic E-state index is 6.09. The Hall–Kier alpha value is -4.31. The SMILES string of the molecule is Nc1ccc2c(c1)N(Cc1cn(C(c3ccccc3)(c3ccccc3)c3ccccc3)cn1)CC2. The highest BCUT2D eigenvalue weighted by Gasteiger charge is 2.38. The number of anilines is 2. The molecular weight excluding hydrogens is 428 g/mol. The molecule has 35 heavy (non-hydrogen) atoms. The van der Waals surface area contributed by atoms with Crippen LogP contribution in [-0.2, 0) is 18.5 Å². The van der Waals surface area contributed by atoms with Gasteiger partial charge in [-0.25, -0.2) is 4.98 Å². The van der Waals surface area contributed by atoms with Gasteiger partial charge in [0.2, 0.25) is 0 Å². The summed E-state index contributed by atoms with van der Waals surface area (Å²) in [5, 5.41) is 0. The minimum atomic E-state index is -0.539. The molecule has 172 valence electrons. The van der Waals surface area contributed by atoms with Crippen LogP contribution in [0.5, 0.6) is 0 Å². The van der Waals surface area contributed by atoms with E-state index >= 15 is 0 Å². The highest BCUT2D eigenvalue weighted by atomic mass is 15.2. The van der Waals surface area contributed by atoms with E-state index in [-0.39, 0.29) is 0 Å². The highest BCUT2D eigenvalue weighted by molar-refractivity contribution is 5.64. The van der Waals surface area contributed by atoms with Crippen LogP contribution in [0.15, 0.2) is 122 Å². The first kappa shape index (κ1) is 21.2. The Balaban J connectivity index is 1.48. The van der Waals surface area contributed by atoms with Gasteiger partial charge in [-0.2, -0.15) is 0 Å². The molecule has 4 nitrogen and oxygen atoms in total. The van der Waals surface area contributed by atoms with E-state index in [9.17, 15) is 0 Å². The van der Waals surface area contributed by atoms with E-state index in [1.54, 1.807) is 0 Å². The van der Waals surface area contributed by atoms with Crippen molar-refractivity contribution in [3.8, 4) is 0 Å². The minimum absolute atomic E-state index is 0.539. The van der Waals surface area contributed by atoms with Crippen LogP contribution < -0.4 is 10.6 Å². The van der Waals surface area contributed by atoms with E-state index in [1.807, 2.05) is 12.4 Å². The molecule has 0 saturated heterocycles.